The maximum Gasteiger partial charge on any atom is 0.273 e. The number of fused-ring (bicyclic) bond motifs is 1. The summed E-state index contributed by atoms with van der Waals surface area (Å²) in [4.78, 5) is 15.6. The molecule has 0 fully saturated rings. The van der Waals surface area contributed by atoms with E-state index in [0.29, 0.717) is 36.2 Å². The van der Waals surface area contributed by atoms with Crippen LogP contribution in [0.3, 0.4) is 0 Å². The van der Waals surface area contributed by atoms with Crippen molar-refractivity contribution in [1.82, 2.24) is 4.98 Å². The van der Waals surface area contributed by atoms with Crippen molar-refractivity contribution in [3.63, 3.8) is 0 Å². The first-order chi connectivity index (χ1) is 12.2. The van der Waals surface area contributed by atoms with Gasteiger partial charge in [-0.25, -0.2) is 0 Å². The number of rotatable bonds is 7. The third kappa shape index (κ3) is 4.20. The standard InChI is InChI=1S/C19H19ClN2O3/c1-24-9-10-25-12-13-5-4-6-14(11-13)21-19(23)18-17(20)15-7-2-3-8-16(15)22-18/h2-8,11,22H,9-10,12H2,1H3,(H,21,23). The second kappa shape index (κ2) is 8.16. The molecule has 0 aliphatic rings. The maximum atomic E-state index is 12.5. The monoisotopic (exact) mass is 358 g/mol. The molecular weight excluding hydrogens is 340 g/mol. The molecule has 0 atom stereocenters. The number of para-hydroxylation sites is 1. The van der Waals surface area contributed by atoms with Gasteiger partial charge in [-0.2, -0.15) is 0 Å². The number of H-pyrrole nitrogens is 1. The minimum Gasteiger partial charge on any atom is -0.382 e. The topological polar surface area (TPSA) is 63.4 Å². The maximum absolute atomic E-state index is 12.5. The van der Waals surface area contributed by atoms with Crippen LogP contribution in [0.5, 0.6) is 0 Å². The Balaban J connectivity index is 1.71. The van der Waals surface area contributed by atoms with E-state index in [1.807, 2.05) is 48.5 Å². The molecular formula is C19H19ClN2O3. The number of aromatic nitrogens is 1. The molecule has 0 saturated carbocycles. The number of aromatic amines is 1. The molecule has 1 amide bonds. The van der Waals surface area contributed by atoms with Gasteiger partial charge in [0.05, 0.1) is 24.8 Å². The summed E-state index contributed by atoms with van der Waals surface area (Å²) in [5.74, 6) is -0.279. The van der Waals surface area contributed by atoms with Crippen LogP contribution in [0.15, 0.2) is 48.5 Å². The van der Waals surface area contributed by atoms with Crippen LogP contribution in [0, 0.1) is 0 Å². The van der Waals surface area contributed by atoms with Crippen molar-refractivity contribution in [3.8, 4) is 0 Å². The zero-order chi connectivity index (χ0) is 17.6. The normalized spacial score (nSPS) is 11.0. The van der Waals surface area contributed by atoms with Gasteiger partial charge in [-0.15, -0.1) is 0 Å². The molecule has 0 radical (unpaired) electrons. The number of hydrogen-bond acceptors (Lipinski definition) is 3. The Morgan fingerprint density at radius 3 is 2.80 bits per heavy atom. The Morgan fingerprint density at radius 2 is 2.00 bits per heavy atom. The van der Waals surface area contributed by atoms with Gasteiger partial charge in [0.25, 0.3) is 5.91 Å². The van der Waals surface area contributed by atoms with E-state index in [1.165, 1.54) is 0 Å². The number of carbonyl (C=O) groups is 1. The molecule has 0 aliphatic carbocycles. The van der Waals surface area contributed by atoms with Crippen molar-refractivity contribution >= 4 is 34.1 Å². The molecule has 2 N–H and O–H groups in total. The minimum atomic E-state index is -0.279. The first kappa shape index (κ1) is 17.5. The molecule has 0 spiro atoms. The van der Waals surface area contributed by atoms with E-state index in [1.54, 1.807) is 7.11 Å². The summed E-state index contributed by atoms with van der Waals surface area (Å²) in [5.41, 5.74) is 2.84. The molecule has 0 aliphatic heterocycles. The van der Waals surface area contributed by atoms with Gasteiger partial charge in [-0.1, -0.05) is 41.9 Å². The number of benzene rings is 2. The van der Waals surface area contributed by atoms with Crippen LogP contribution in [0.25, 0.3) is 10.9 Å². The molecule has 3 aromatic rings. The number of ether oxygens (including phenoxy) is 2. The van der Waals surface area contributed by atoms with E-state index in [-0.39, 0.29) is 5.91 Å². The summed E-state index contributed by atoms with van der Waals surface area (Å²) in [6, 6.07) is 15.1. The third-order valence-electron chi connectivity index (χ3n) is 3.76. The van der Waals surface area contributed by atoms with Crippen LogP contribution in [-0.2, 0) is 16.1 Å². The van der Waals surface area contributed by atoms with Gasteiger partial charge < -0.3 is 19.8 Å². The minimum absolute atomic E-state index is 0.279. The molecule has 0 unspecified atom stereocenters. The summed E-state index contributed by atoms with van der Waals surface area (Å²) in [6.07, 6.45) is 0. The Hall–Kier alpha value is -2.34. The highest BCUT2D eigenvalue weighted by molar-refractivity contribution is 6.39. The van der Waals surface area contributed by atoms with Crippen LogP contribution in [0.2, 0.25) is 5.02 Å². The van der Waals surface area contributed by atoms with Gasteiger partial charge in [0.2, 0.25) is 0 Å². The van der Waals surface area contributed by atoms with Crippen molar-refractivity contribution in [3.05, 3.63) is 64.8 Å². The van der Waals surface area contributed by atoms with Crippen molar-refractivity contribution in [2.24, 2.45) is 0 Å². The second-order valence-electron chi connectivity index (χ2n) is 5.56. The lowest BCUT2D eigenvalue weighted by molar-refractivity contribution is 0.0617. The predicted octanol–water partition coefficient (Wildman–Crippen LogP) is 4.24. The van der Waals surface area contributed by atoms with E-state index in [2.05, 4.69) is 10.3 Å². The lowest BCUT2D eigenvalue weighted by Crippen LogP contribution is -2.13. The van der Waals surface area contributed by atoms with Gasteiger partial charge in [0.15, 0.2) is 0 Å². The smallest absolute Gasteiger partial charge is 0.273 e. The predicted molar refractivity (Wildman–Crippen MR) is 99.2 cm³/mol. The largest absolute Gasteiger partial charge is 0.382 e. The lowest BCUT2D eigenvalue weighted by Gasteiger charge is -2.08. The van der Waals surface area contributed by atoms with Crippen molar-refractivity contribution in [2.75, 3.05) is 25.6 Å². The highest BCUT2D eigenvalue weighted by Crippen LogP contribution is 2.27. The first-order valence-electron chi connectivity index (χ1n) is 7.92. The SMILES string of the molecule is COCCOCc1cccc(NC(=O)c2[nH]c3ccccc3c2Cl)c1. The Morgan fingerprint density at radius 1 is 1.16 bits per heavy atom. The molecule has 130 valence electrons. The Labute approximate surface area is 150 Å². The van der Waals surface area contributed by atoms with Gasteiger partial charge >= 0.3 is 0 Å². The van der Waals surface area contributed by atoms with Crippen LogP contribution >= 0.6 is 11.6 Å². The summed E-state index contributed by atoms with van der Waals surface area (Å²) in [7, 11) is 1.63. The number of anilines is 1. The molecule has 0 saturated heterocycles. The average Bonchev–Trinajstić information content (AvgIpc) is 2.96. The summed E-state index contributed by atoms with van der Waals surface area (Å²) in [6.45, 7) is 1.54. The van der Waals surface area contributed by atoms with E-state index in [4.69, 9.17) is 21.1 Å². The van der Waals surface area contributed by atoms with Crippen LogP contribution < -0.4 is 5.32 Å². The number of amides is 1. The molecule has 1 aromatic heterocycles. The lowest BCUT2D eigenvalue weighted by atomic mass is 10.2. The average molecular weight is 359 g/mol. The molecule has 25 heavy (non-hydrogen) atoms. The second-order valence-corrected chi connectivity index (χ2v) is 5.94. The molecule has 1 heterocycles. The van der Waals surface area contributed by atoms with E-state index in [0.717, 1.165) is 16.5 Å². The van der Waals surface area contributed by atoms with Gasteiger partial charge in [-0.05, 0) is 23.8 Å². The number of nitrogens with one attached hydrogen (secondary N) is 2. The van der Waals surface area contributed by atoms with E-state index >= 15 is 0 Å². The van der Waals surface area contributed by atoms with E-state index in [9.17, 15) is 4.79 Å². The Bertz CT molecular complexity index is 876. The fourth-order valence-electron chi connectivity index (χ4n) is 2.53. The zero-order valence-electron chi connectivity index (χ0n) is 13.8. The van der Waals surface area contributed by atoms with E-state index < -0.39 is 0 Å². The van der Waals surface area contributed by atoms with Gasteiger partial charge in [0, 0.05) is 23.7 Å². The summed E-state index contributed by atoms with van der Waals surface area (Å²) < 4.78 is 10.4. The highest BCUT2D eigenvalue weighted by atomic mass is 35.5. The Kier molecular flexibility index (Phi) is 5.71. The fraction of sp³-hybridized carbons (Fsp3) is 0.211. The van der Waals surface area contributed by atoms with Crippen molar-refractivity contribution < 1.29 is 14.3 Å². The van der Waals surface area contributed by atoms with Gasteiger partial charge in [-0.3, -0.25) is 4.79 Å². The zero-order valence-corrected chi connectivity index (χ0v) is 14.6. The molecule has 2 aromatic carbocycles. The summed E-state index contributed by atoms with van der Waals surface area (Å²) in [5, 5.41) is 4.12. The molecule has 3 rings (SSSR count). The number of methoxy groups -OCH3 is 1. The first-order valence-corrected chi connectivity index (χ1v) is 8.30. The van der Waals surface area contributed by atoms with Crippen LogP contribution in [-0.4, -0.2) is 31.2 Å². The van der Waals surface area contributed by atoms with Gasteiger partial charge in [0.1, 0.15) is 5.69 Å². The molecule has 6 heteroatoms. The third-order valence-corrected chi connectivity index (χ3v) is 4.15. The summed E-state index contributed by atoms with van der Waals surface area (Å²) >= 11 is 6.32. The van der Waals surface area contributed by atoms with Crippen LogP contribution in [0.1, 0.15) is 16.1 Å². The van der Waals surface area contributed by atoms with Crippen molar-refractivity contribution in [2.45, 2.75) is 6.61 Å². The molecule has 5 nitrogen and oxygen atoms in total. The quantitative estimate of drug-likeness (QED) is 0.621. The number of carbonyl (C=O) groups excluding carboxylic acids is 1. The molecule has 0 bridgehead atoms. The van der Waals surface area contributed by atoms with Crippen molar-refractivity contribution in [1.29, 1.82) is 0 Å². The number of hydrogen-bond donors (Lipinski definition) is 2. The fourth-order valence-corrected chi connectivity index (χ4v) is 2.83. The number of halogens is 1. The van der Waals surface area contributed by atoms with Crippen LogP contribution in [0.4, 0.5) is 5.69 Å². The highest BCUT2D eigenvalue weighted by Gasteiger charge is 2.16.